The maximum absolute atomic E-state index is 12.0. The van der Waals surface area contributed by atoms with Crippen LogP contribution in [0.5, 0.6) is 0 Å². The van der Waals surface area contributed by atoms with Gasteiger partial charge in [-0.3, -0.25) is 4.79 Å². The Bertz CT molecular complexity index is 507. The molecule has 0 N–H and O–H groups in total. The van der Waals surface area contributed by atoms with Crippen molar-refractivity contribution in [2.45, 2.75) is 13.0 Å². The fourth-order valence-electron chi connectivity index (χ4n) is 1.65. The van der Waals surface area contributed by atoms with E-state index in [0.29, 0.717) is 13.0 Å². The first kappa shape index (κ1) is 13.3. The maximum atomic E-state index is 12.0. The van der Waals surface area contributed by atoms with Crippen LogP contribution < -0.4 is 0 Å². The number of carbonyl (C=O) groups is 1. The van der Waals surface area contributed by atoms with Gasteiger partial charge in [-0.15, -0.1) is 11.3 Å². The number of likely N-dealkylation sites (N-methyl/N-ethyl adjacent to an activating group) is 1. The largest absolute Gasteiger partial charge is 0.341 e. The molecule has 0 fully saturated rings. The second-order valence-electron chi connectivity index (χ2n) is 4.13. The molecule has 0 saturated carbocycles. The van der Waals surface area contributed by atoms with Gasteiger partial charge in [-0.1, -0.05) is 34.1 Å². The quantitative estimate of drug-likeness (QED) is 0.839. The van der Waals surface area contributed by atoms with E-state index in [-0.39, 0.29) is 5.91 Å². The van der Waals surface area contributed by atoms with E-state index < -0.39 is 0 Å². The van der Waals surface area contributed by atoms with Crippen LogP contribution in [0.4, 0.5) is 0 Å². The number of rotatable bonds is 4. The number of benzene rings is 1. The van der Waals surface area contributed by atoms with Gasteiger partial charge in [-0.2, -0.15) is 0 Å². The second kappa shape index (κ2) is 6.16. The van der Waals surface area contributed by atoms with Crippen molar-refractivity contribution in [1.29, 1.82) is 0 Å². The van der Waals surface area contributed by atoms with Gasteiger partial charge in [0.1, 0.15) is 0 Å². The predicted molar refractivity (Wildman–Crippen MR) is 78.6 cm³/mol. The first-order valence-electron chi connectivity index (χ1n) is 5.66. The number of thiophene rings is 1. The molecular weight excluding hydrogens is 310 g/mol. The van der Waals surface area contributed by atoms with Gasteiger partial charge in [-0.25, -0.2) is 0 Å². The summed E-state index contributed by atoms with van der Waals surface area (Å²) in [6, 6.07) is 12.0. The van der Waals surface area contributed by atoms with Crippen LogP contribution in [0.25, 0.3) is 0 Å². The normalized spacial score (nSPS) is 10.3. The summed E-state index contributed by atoms with van der Waals surface area (Å²) in [7, 11) is 1.85. The molecule has 94 valence electrons. The number of hydrogen-bond acceptors (Lipinski definition) is 2. The summed E-state index contributed by atoms with van der Waals surface area (Å²) < 4.78 is 1.05. The van der Waals surface area contributed by atoms with E-state index in [1.807, 2.05) is 48.8 Å². The van der Waals surface area contributed by atoms with Crippen molar-refractivity contribution in [2.24, 2.45) is 0 Å². The molecule has 0 aliphatic rings. The third kappa shape index (κ3) is 3.68. The zero-order valence-corrected chi connectivity index (χ0v) is 12.5. The average Bonchev–Trinajstić information content (AvgIpc) is 2.85. The summed E-state index contributed by atoms with van der Waals surface area (Å²) in [6.45, 7) is 0.650. The lowest BCUT2D eigenvalue weighted by Crippen LogP contribution is -2.27. The van der Waals surface area contributed by atoms with Crippen molar-refractivity contribution in [3.05, 3.63) is 56.7 Å². The van der Waals surface area contributed by atoms with Crippen molar-refractivity contribution < 1.29 is 4.79 Å². The molecular formula is C14H14BrNOS. The Balaban J connectivity index is 1.93. The van der Waals surface area contributed by atoms with E-state index in [4.69, 9.17) is 0 Å². The van der Waals surface area contributed by atoms with Gasteiger partial charge in [0.05, 0.1) is 6.42 Å². The number of hydrogen-bond donors (Lipinski definition) is 0. The Morgan fingerprint density at radius 3 is 2.61 bits per heavy atom. The highest BCUT2D eigenvalue weighted by molar-refractivity contribution is 9.10. The number of amides is 1. The highest BCUT2D eigenvalue weighted by Gasteiger charge is 2.10. The lowest BCUT2D eigenvalue weighted by molar-refractivity contribution is -0.129. The molecule has 0 spiro atoms. The summed E-state index contributed by atoms with van der Waals surface area (Å²) in [5.74, 6) is 0.153. The first-order chi connectivity index (χ1) is 8.65. The minimum Gasteiger partial charge on any atom is -0.341 e. The van der Waals surface area contributed by atoms with Crippen LogP contribution >= 0.6 is 27.3 Å². The van der Waals surface area contributed by atoms with Crippen molar-refractivity contribution in [1.82, 2.24) is 4.90 Å². The smallest absolute Gasteiger partial charge is 0.227 e. The zero-order chi connectivity index (χ0) is 13.0. The topological polar surface area (TPSA) is 20.3 Å². The van der Waals surface area contributed by atoms with Crippen molar-refractivity contribution in [3.8, 4) is 0 Å². The summed E-state index contributed by atoms with van der Waals surface area (Å²) in [4.78, 5) is 14.9. The second-order valence-corrected chi connectivity index (χ2v) is 6.08. The minimum atomic E-state index is 0.153. The summed E-state index contributed by atoms with van der Waals surface area (Å²) in [6.07, 6.45) is 0.491. The average molecular weight is 324 g/mol. The lowest BCUT2D eigenvalue weighted by atomic mass is 10.2. The lowest BCUT2D eigenvalue weighted by Gasteiger charge is -2.17. The SMILES string of the molecule is CN(Cc1ccc(Br)cc1)C(=O)Cc1cccs1. The minimum absolute atomic E-state index is 0.153. The molecule has 0 bridgehead atoms. The Morgan fingerprint density at radius 1 is 1.28 bits per heavy atom. The molecule has 2 rings (SSSR count). The zero-order valence-electron chi connectivity index (χ0n) is 10.1. The summed E-state index contributed by atoms with van der Waals surface area (Å²) in [5, 5.41) is 2.00. The number of nitrogens with zero attached hydrogens (tertiary/aromatic N) is 1. The van der Waals surface area contributed by atoms with Crippen LogP contribution in [-0.2, 0) is 17.8 Å². The van der Waals surface area contributed by atoms with Crippen molar-refractivity contribution >= 4 is 33.2 Å². The van der Waals surface area contributed by atoms with E-state index >= 15 is 0 Å². The standard InChI is InChI=1S/C14H14BrNOS/c1-16(10-11-4-6-12(15)7-5-11)14(17)9-13-3-2-8-18-13/h2-8H,9-10H2,1H3. The van der Waals surface area contributed by atoms with Gasteiger partial charge in [0.2, 0.25) is 5.91 Å². The van der Waals surface area contributed by atoms with Gasteiger partial charge in [0, 0.05) is 22.9 Å². The Hall–Kier alpha value is -1.13. The molecule has 2 aromatic rings. The third-order valence-electron chi connectivity index (χ3n) is 2.66. The fourth-order valence-corrected chi connectivity index (χ4v) is 2.61. The highest BCUT2D eigenvalue weighted by atomic mass is 79.9. The van der Waals surface area contributed by atoms with Gasteiger partial charge >= 0.3 is 0 Å². The molecule has 4 heteroatoms. The molecule has 0 aliphatic carbocycles. The maximum Gasteiger partial charge on any atom is 0.227 e. The highest BCUT2D eigenvalue weighted by Crippen LogP contribution is 2.14. The van der Waals surface area contributed by atoms with Crippen LogP contribution in [0.2, 0.25) is 0 Å². The summed E-state index contributed by atoms with van der Waals surface area (Å²) in [5.41, 5.74) is 1.14. The van der Waals surface area contributed by atoms with Crippen molar-refractivity contribution in [2.75, 3.05) is 7.05 Å². The Labute approximate surface area is 119 Å². The Morgan fingerprint density at radius 2 is 2.00 bits per heavy atom. The molecule has 0 unspecified atom stereocenters. The summed E-state index contributed by atoms with van der Waals surface area (Å²) >= 11 is 5.02. The molecule has 0 atom stereocenters. The van der Waals surface area contributed by atoms with E-state index in [9.17, 15) is 4.79 Å². The third-order valence-corrected chi connectivity index (χ3v) is 4.07. The predicted octanol–water partition coefficient (Wildman–Crippen LogP) is 3.71. The van der Waals surface area contributed by atoms with Crippen LogP contribution in [0.1, 0.15) is 10.4 Å². The van der Waals surface area contributed by atoms with Crippen molar-refractivity contribution in [3.63, 3.8) is 0 Å². The molecule has 1 aromatic carbocycles. The van der Waals surface area contributed by atoms with Gasteiger partial charge < -0.3 is 4.90 Å². The fraction of sp³-hybridized carbons (Fsp3) is 0.214. The molecule has 0 radical (unpaired) electrons. The van der Waals surface area contributed by atoms with Gasteiger partial charge in [0.25, 0.3) is 0 Å². The first-order valence-corrected chi connectivity index (χ1v) is 7.33. The molecule has 2 nitrogen and oxygen atoms in total. The van der Waals surface area contributed by atoms with Crippen LogP contribution in [0.3, 0.4) is 0 Å². The van der Waals surface area contributed by atoms with Gasteiger partial charge in [0.15, 0.2) is 0 Å². The molecule has 1 heterocycles. The number of carbonyl (C=O) groups excluding carboxylic acids is 1. The molecule has 1 amide bonds. The van der Waals surface area contributed by atoms with E-state index in [1.54, 1.807) is 16.2 Å². The molecule has 0 aliphatic heterocycles. The van der Waals surface area contributed by atoms with Crippen LogP contribution in [-0.4, -0.2) is 17.9 Å². The Kier molecular flexibility index (Phi) is 4.55. The van der Waals surface area contributed by atoms with E-state index in [0.717, 1.165) is 14.9 Å². The van der Waals surface area contributed by atoms with E-state index in [2.05, 4.69) is 15.9 Å². The van der Waals surface area contributed by atoms with Crippen LogP contribution in [0, 0.1) is 0 Å². The van der Waals surface area contributed by atoms with E-state index in [1.165, 1.54) is 0 Å². The van der Waals surface area contributed by atoms with Gasteiger partial charge in [-0.05, 0) is 29.1 Å². The molecule has 0 saturated heterocycles. The molecule has 1 aromatic heterocycles. The molecule has 18 heavy (non-hydrogen) atoms. The van der Waals surface area contributed by atoms with Crippen LogP contribution in [0.15, 0.2) is 46.3 Å². The number of halogens is 1. The monoisotopic (exact) mass is 323 g/mol.